The topological polar surface area (TPSA) is 46.9 Å². The maximum Gasteiger partial charge on any atom is 0.222 e. The lowest BCUT2D eigenvalue weighted by atomic mass is 9.88. The monoisotopic (exact) mass is 333 g/mol. The molecule has 1 heterocycles. The van der Waals surface area contributed by atoms with Crippen LogP contribution in [0, 0.1) is 6.92 Å². The Balaban J connectivity index is 1.43. The molecule has 1 aliphatic rings. The van der Waals surface area contributed by atoms with Gasteiger partial charge in [0.25, 0.3) is 0 Å². The van der Waals surface area contributed by atoms with Gasteiger partial charge in [0.15, 0.2) is 0 Å². The summed E-state index contributed by atoms with van der Waals surface area (Å²) in [6.45, 7) is 2.69. The predicted molar refractivity (Wildman–Crippen MR) is 99.4 cm³/mol. The summed E-state index contributed by atoms with van der Waals surface area (Å²) >= 11 is 0. The molecule has 1 N–H and O–H groups in total. The molecule has 25 heavy (non-hydrogen) atoms. The average molecular weight is 333 g/mol. The fraction of sp³-hybridized carbons (Fsp3) is 0.333. The van der Waals surface area contributed by atoms with Gasteiger partial charge in [0.05, 0.1) is 24.3 Å². The van der Waals surface area contributed by atoms with Gasteiger partial charge in [0, 0.05) is 11.8 Å². The molecular weight excluding hydrogens is 310 g/mol. The van der Waals surface area contributed by atoms with Crippen molar-refractivity contribution in [2.75, 3.05) is 0 Å². The van der Waals surface area contributed by atoms with Crippen LogP contribution < -0.4 is 5.32 Å². The summed E-state index contributed by atoms with van der Waals surface area (Å²) < 4.78 is 1.94. The number of rotatable bonds is 4. The van der Waals surface area contributed by atoms with Gasteiger partial charge in [0.2, 0.25) is 5.91 Å². The Morgan fingerprint density at radius 2 is 2.12 bits per heavy atom. The number of hydrogen-bond acceptors (Lipinski definition) is 2. The van der Waals surface area contributed by atoms with E-state index in [0.717, 1.165) is 30.2 Å². The first-order chi connectivity index (χ1) is 12.2. The van der Waals surface area contributed by atoms with Crippen molar-refractivity contribution in [3.8, 4) is 0 Å². The molecule has 1 atom stereocenters. The minimum Gasteiger partial charge on any atom is -0.349 e. The Hall–Kier alpha value is -2.62. The van der Waals surface area contributed by atoms with E-state index >= 15 is 0 Å². The molecule has 0 aliphatic heterocycles. The Labute approximate surface area is 147 Å². The number of hydrogen-bond donors (Lipinski definition) is 1. The summed E-state index contributed by atoms with van der Waals surface area (Å²) in [5.41, 5.74) is 4.96. The number of carbonyl (C=O) groups is 1. The Morgan fingerprint density at radius 3 is 3.04 bits per heavy atom. The predicted octanol–water partition coefficient (Wildman–Crippen LogP) is 3.93. The highest BCUT2D eigenvalue weighted by Gasteiger charge is 2.21. The van der Waals surface area contributed by atoms with Crippen molar-refractivity contribution in [2.24, 2.45) is 0 Å². The van der Waals surface area contributed by atoms with Crippen LogP contribution in [0.1, 0.15) is 42.0 Å². The fourth-order valence-corrected chi connectivity index (χ4v) is 3.88. The van der Waals surface area contributed by atoms with E-state index in [4.69, 9.17) is 0 Å². The zero-order valence-corrected chi connectivity index (χ0v) is 14.5. The first kappa shape index (κ1) is 15.9. The molecule has 0 saturated heterocycles. The zero-order valence-electron chi connectivity index (χ0n) is 14.5. The first-order valence-electron chi connectivity index (χ1n) is 9.00. The third-order valence-corrected chi connectivity index (χ3v) is 5.12. The number of amides is 1. The van der Waals surface area contributed by atoms with Crippen LogP contribution in [-0.4, -0.2) is 15.7 Å². The fourth-order valence-electron chi connectivity index (χ4n) is 3.88. The maximum absolute atomic E-state index is 12.5. The van der Waals surface area contributed by atoms with Gasteiger partial charge in [-0.2, -0.15) is 5.10 Å². The van der Waals surface area contributed by atoms with Crippen LogP contribution in [0.3, 0.4) is 0 Å². The molecule has 3 aromatic rings. The molecule has 0 saturated carbocycles. The van der Waals surface area contributed by atoms with Crippen LogP contribution in [0.2, 0.25) is 0 Å². The highest BCUT2D eigenvalue weighted by Crippen LogP contribution is 2.29. The summed E-state index contributed by atoms with van der Waals surface area (Å²) in [5, 5.41) is 8.79. The summed E-state index contributed by atoms with van der Waals surface area (Å²) in [4.78, 5) is 12.5. The number of aromatic nitrogens is 2. The standard InChI is InChI=1S/C21H23N3O/c1-15-6-4-9-17-14-22-24(21(15)17)13-12-20(25)23-19-11-5-8-16-7-2-3-10-18(16)19/h2-4,6-7,9-10,14,19H,5,8,11-13H2,1H3,(H,23,25). The van der Waals surface area contributed by atoms with Gasteiger partial charge in [-0.25, -0.2) is 0 Å². The highest BCUT2D eigenvalue weighted by atomic mass is 16.1. The summed E-state index contributed by atoms with van der Waals surface area (Å²) in [5.74, 6) is 0.0962. The molecule has 1 amide bonds. The van der Waals surface area contributed by atoms with Gasteiger partial charge in [-0.3, -0.25) is 9.48 Å². The lowest BCUT2D eigenvalue weighted by molar-refractivity contribution is -0.122. The number of benzene rings is 2. The Kier molecular flexibility index (Phi) is 4.26. The SMILES string of the molecule is Cc1cccc2cnn(CCC(=O)NC3CCCc4ccccc43)c12. The molecule has 0 radical (unpaired) electrons. The Morgan fingerprint density at radius 1 is 1.24 bits per heavy atom. The summed E-state index contributed by atoms with van der Waals surface area (Å²) in [6.07, 6.45) is 5.58. The molecule has 1 unspecified atom stereocenters. The van der Waals surface area contributed by atoms with Crippen molar-refractivity contribution in [3.63, 3.8) is 0 Å². The molecule has 128 valence electrons. The third kappa shape index (κ3) is 3.16. The van der Waals surface area contributed by atoms with Crippen molar-refractivity contribution in [1.82, 2.24) is 15.1 Å². The van der Waals surface area contributed by atoms with E-state index in [-0.39, 0.29) is 11.9 Å². The molecular formula is C21H23N3O. The second-order valence-electron chi connectivity index (χ2n) is 6.84. The summed E-state index contributed by atoms with van der Waals surface area (Å²) in [6, 6.07) is 14.8. The minimum absolute atomic E-state index is 0.0962. The Bertz CT molecular complexity index is 912. The molecule has 4 nitrogen and oxygen atoms in total. The van der Waals surface area contributed by atoms with E-state index < -0.39 is 0 Å². The van der Waals surface area contributed by atoms with Crippen LogP contribution in [0.15, 0.2) is 48.7 Å². The minimum atomic E-state index is 0.0962. The summed E-state index contributed by atoms with van der Waals surface area (Å²) in [7, 11) is 0. The van der Waals surface area contributed by atoms with Crippen molar-refractivity contribution in [1.29, 1.82) is 0 Å². The van der Waals surface area contributed by atoms with Crippen LogP contribution in [-0.2, 0) is 17.8 Å². The highest BCUT2D eigenvalue weighted by molar-refractivity contribution is 5.82. The number of nitrogens with zero attached hydrogens (tertiary/aromatic N) is 2. The molecule has 2 aromatic carbocycles. The lowest BCUT2D eigenvalue weighted by Crippen LogP contribution is -2.31. The number of aryl methyl sites for hydroxylation is 3. The van der Waals surface area contributed by atoms with E-state index in [9.17, 15) is 4.79 Å². The third-order valence-electron chi connectivity index (χ3n) is 5.12. The van der Waals surface area contributed by atoms with Gasteiger partial charge in [-0.15, -0.1) is 0 Å². The van der Waals surface area contributed by atoms with Crippen LogP contribution in [0.25, 0.3) is 10.9 Å². The molecule has 4 heteroatoms. The first-order valence-corrected chi connectivity index (χ1v) is 9.00. The van der Waals surface area contributed by atoms with Crippen molar-refractivity contribution in [3.05, 3.63) is 65.4 Å². The van der Waals surface area contributed by atoms with Crippen molar-refractivity contribution >= 4 is 16.8 Å². The van der Waals surface area contributed by atoms with E-state index in [1.807, 2.05) is 16.9 Å². The molecule has 0 bridgehead atoms. The van der Waals surface area contributed by atoms with E-state index in [2.05, 4.69) is 53.7 Å². The van der Waals surface area contributed by atoms with Gasteiger partial charge in [0.1, 0.15) is 0 Å². The lowest BCUT2D eigenvalue weighted by Gasteiger charge is -2.26. The normalized spacial score (nSPS) is 16.6. The van der Waals surface area contributed by atoms with Crippen LogP contribution >= 0.6 is 0 Å². The number of carbonyl (C=O) groups excluding carboxylic acids is 1. The van der Waals surface area contributed by atoms with E-state index in [0.29, 0.717) is 13.0 Å². The quantitative estimate of drug-likeness (QED) is 0.786. The molecule has 0 fully saturated rings. The molecule has 1 aliphatic carbocycles. The number of nitrogens with one attached hydrogen (secondary N) is 1. The zero-order chi connectivity index (χ0) is 17.2. The van der Waals surface area contributed by atoms with Gasteiger partial charge in [-0.05, 0) is 42.9 Å². The molecule has 1 aromatic heterocycles. The number of fused-ring (bicyclic) bond motifs is 2. The number of para-hydroxylation sites is 1. The van der Waals surface area contributed by atoms with Gasteiger partial charge < -0.3 is 5.32 Å². The van der Waals surface area contributed by atoms with Crippen molar-refractivity contribution in [2.45, 2.75) is 45.2 Å². The second-order valence-corrected chi connectivity index (χ2v) is 6.84. The largest absolute Gasteiger partial charge is 0.349 e. The van der Waals surface area contributed by atoms with Crippen LogP contribution in [0.4, 0.5) is 0 Å². The average Bonchev–Trinajstić information content (AvgIpc) is 3.05. The smallest absolute Gasteiger partial charge is 0.222 e. The van der Waals surface area contributed by atoms with E-state index in [1.54, 1.807) is 0 Å². The van der Waals surface area contributed by atoms with Gasteiger partial charge >= 0.3 is 0 Å². The van der Waals surface area contributed by atoms with Gasteiger partial charge in [-0.1, -0.05) is 42.5 Å². The van der Waals surface area contributed by atoms with Crippen LogP contribution in [0.5, 0.6) is 0 Å². The van der Waals surface area contributed by atoms with Crippen molar-refractivity contribution < 1.29 is 4.79 Å². The molecule has 0 spiro atoms. The second kappa shape index (κ2) is 6.71. The van der Waals surface area contributed by atoms with E-state index in [1.165, 1.54) is 16.7 Å². The molecule has 4 rings (SSSR count). The maximum atomic E-state index is 12.5.